The van der Waals surface area contributed by atoms with Crippen molar-refractivity contribution >= 4 is 11.8 Å². The first-order valence-corrected chi connectivity index (χ1v) is 9.20. The summed E-state index contributed by atoms with van der Waals surface area (Å²) in [6, 6.07) is 15.5. The van der Waals surface area contributed by atoms with E-state index in [1.54, 1.807) is 12.5 Å². The summed E-state index contributed by atoms with van der Waals surface area (Å²) in [4.78, 5) is 19.0. The summed E-state index contributed by atoms with van der Waals surface area (Å²) < 4.78 is 11.2. The van der Waals surface area contributed by atoms with Crippen LogP contribution in [0, 0.1) is 0 Å². The summed E-state index contributed by atoms with van der Waals surface area (Å²) in [5.41, 5.74) is 3.20. The fourth-order valence-electron chi connectivity index (χ4n) is 2.67. The second-order valence-corrected chi connectivity index (χ2v) is 7.38. The lowest BCUT2D eigenvalue weighted by Gasteiger charge is -2.19. The predicted octanol–water partition coefficient (Wildman–Crippen LogP) is 5.05. The molecule has 0 radical (unpaired) electrons. The van der Waals surface area contributed by atoms with Crippen molar-refractivity contribution in [2.45, 2.75) is 32.8 Å². The Labute approximate surface area is 164 Å². The number of amides is 1. The van der Waals surface area contributed by atoms with Crippen molar-refractivity contribution in [1.82, 2.24) is 9.97 Å². The van der Waals surface area contributed by atoms with E-state index in [1.807, 2.05) is 69.3 Å². The Morgan fingerprint density at radius 1 is 1.11 bits per heavy atom. The van der Waals surface area contributed by atoms with Crippen LogP contribution >= 0.6 is 0 Å². The standard InChI is InChI=1S/C22H25N3O3/c1-22(2,3)28-21(26)25-17-10-8-16(9-11-17)12-13-27-20-7-5-4-6-18(20)19-14-23-15-24-19/h4-11,14-15H,12-13H2,1-3H3,(H,23,24)(H,25,26). The Bertz CT molecular complexity index is 898. The first kappa shape index (κ1) is 19.5. The number of benzene rings is 2. The lowest BCUT2D eigenvalue weighted by molar-refractivity contribution is 0.0636. The van der Waals surface area contributed by atoms with E-state index in [0.717, 1.165) is 29.0 Å². The third-order valence-electron chi connectivity index (χ3n) is 3.92. The van der Waals surface area contributed by atoms with E-state index in [9.17, 15) is 4.79 Å². The summed E-state index contributed by atoms with van der Waals surface area (Å²) in [5, 5.41) is 2.73. The number of H-pyrrole nitrogens is 1. The van der Waals surface area contributed by atoms with Gasteiger partial charge in [0.25, 0.3) is 0 Å². The molecule has 3 aromatic rings. The normalized spacial score (nSPS) is 11.1. The van der Waals surface area contributed by atoms with Gasteiger partial charge in [-0.15, -0.1) is 0 Å². The molecule has 2 aromatic carbocycles. The number of rotatable bonds is 6. The van der Waals surface area contributed by atoms with Gasteiger partial charge in [0.05, 0.1) is 24.8 Å². The van der Waals surface area contributed by atoms with Gasteiger partial charge in [-0.3, -0.25) is 5.32 Å². The van der Waals surface area contributed by atoms with Gasteiger partial charge in [-0.2, -0.15) is 0 Å². The average molecular weight is 379 g/mol. The highest BCUT2D eigenvalue weighted by Crippen LogP contribution is 2.28. The number of ether oxygens (including phenoxy) is 2. The minimum Gasteiger partial charge on any atom is -0.493 e. The summed E-state index contributed by atoms with van der Waals surface area (Å²) in [5.74, 6) is 0.815. The predicted molar refractivity (Wildman–Crippen MR) is 110 cm³/mol. The van der Waals surface area contributed by atoms with Crippen molar-refractivity contribution in [2.75, 3.05) is 11.9 Å². The Hall–Kier alpha value is -3.28. The van der Waals surface area contributed by atoms with Crippen molar-refractivity contribution in [3.8, 4) is 17.0 Å². The number of carbonyl (C=O) groups is 1. The van der Waals surface area contributed by atoms with Gasteiger partial charge in [-0.1, -0.05) is 24.3 Å². The molecule has 0 spiro atoms. The molecule has 0 saturated heterocycles. The van der Waals surface area contributed by atoms with E-state index < -0.39 is 11.7 Å². The number of aromatic amines is 1. The monoisotopic (exact) mass is 379 g/mol. The highest BCUT2D eigenvalue weighted by atomic mass is 16.6. The van der Waals surface area contributed by atoms with Crippen LogP contribution in [-0.4, -0.2) is 28.3 Å². The number of imidazole rings is 1. The molecule has 6 heteroatoms. The summed E-state index contributed by atoms with van der Waals surface area (Å²) in [6.45, 7) is 6.05. The van der Waals surface area contributed by atoms with Crippen LogP contribution in [0.3, 0.4) is 0 Å². The zero-order valence-corrected chi connectivity index (χ0v) is 16.4. The van der Waals surface area contributed by atoms with Crippen LogP contribution in [0.25, 0.3) is 11.3 Å². The highest BCUT2D eigenvalue weighted by molar-refractivity contribution is 5.84. The van der Waals surface area contributed by atoms with Gasteiger partial charge in [-0.25, -0.2) is 9.78 Å². The lowest BCUT2D eigenvalue weighted by atomic mass is 10.1. The van der Waals surface area contributed by atoms with E-state index in [0.29, 0.717) is 12.3 Å². The molecule has 2 N–H and O–H groups in total. The molecule has 6 nitrogen and oxygen atoms in total. The molecule has 1 aromatic heterocycles. The molecular formula is C22H25N3O3. The van der Waals surface area contributed by atoms with Crippen LogP contribution in [0.5, 0.6) is 5.75 Å². The van der Waals surface area contributed by atoms with Crippen LogP contribution in [0.1, 0.15) is 26.3 Å². The van der Waals surface area contributed by atoms with Crippen LogP contribution < -0.4 is 10.1 Å². The maximum Gasteiger partial charge on any atom is 0.412 e. The number of anilines is 1. The van der Waals surface area contributed by atoms with Crippen LogP contribution in [0.15, 0.2) is 61.1 Å². The third kappa shape index (κ3) is 5.61. The molecule has 0 fully saturated rings. The van der Waals surface area contributed by atoms with E-state index in [4.69, 9.17) is 9.47 Å². The van der Waals surface area contributed by atoms with Gasteiger partial charge in [0.2, 0.25) is 0 Å². The maximum atomic E-state index is 11.8. The zero-order valence-electron chi connectivity index (χ0n) is 16.4. The maximum absolute atomic E-state index is 11.8. The van der Waals surface area contributed by atoms with Crippen LogP contribution in [0.2, 0.25) is 0 Å². The molecular weight excluding hydrogens is 354 g/mol. The molecule has 0 aliphatic carbocycles. The largest absolute Gasteiger partial charge is 0.493 e. The molecule has 1 amide bonds. The first-order chi connectivity index (χ1) is 13.4. The summed E-state index contributed by atoms with van der Waals surface area (Å²) in [6.07, 6.45) is 3.72. The van der Waals surface area contributed by atoms with Crippen molar-refractivity contribution in [3.63, 3.8) is 0 Å². The Morgan fingerprint density at radius 2 is 1.86 bits per heavy atom. The number of aromatic nitrogens is 2. The van der Waals surface area contributed by atoms with Gasteiger partial charge in [0.15, 0.2) is 0 Å². The molecule has 0 unspecified atom stereocenters. The topological polar surface area (TPSA) is 76.2 Å². The second-order valence-electron chi connectivity index (χ2n) is 7.38. The van der Waals surface area contributed by atoms with Gasteiger partial charge in [0.1, 0.15) is 11.4 Å². The molecule has 0 atom stereocenters. The van der Waals surface area contributed by atoms with Crippen molar-refractivity contribution < 1.29 is 14.3 Å². The number of nitrogens with one attached hydrogen (secondary N) is 2. The third-order valence-corrected chi connectivity index (χ3v) is 3.92. The number of nitrogens with zero attached hydrogens (tertiary/aromatic N) is 1. The van der Waals surface area contributed by atoms with Crippen LogP contribution in [-0.2, 0) is 11.2 Å². The minimum atomic E-state index is -0.520. The van der Waals surface area contributed by atoms with Gasteiger partial charge < -0.3 is 14.5 Å². The van der Waals surface area contributed by atoms with E-state index in [2.05, 4.69) is 15.3 Å². The van der Waals surface area contributed by atoms with Crippen molar-refractivity contribution in [3.05, 3.63) is 66.6 Å². The number of hydrogen-bond acceptors (Lipinski definition) is 4. The fraction of sp³-hybridized carbons (Fsp3) is 0.273. The van der Waals surface area contributed by atoms with Gasteiger partial charge >= 0.3 is 6.09 Å². The Kier molecular flexibility index (Phi) is 5.99. The second kappa shape index (κ2) is 8.61. The first-order valence-electron chi connectivity index (χ1n) is 9.20. The molecule has 3 rings (SSSR count). The van der Waals surface area contributed by atoms with Crippen molar-refractivity contribution in [2.24, 2.45) is 0 Å². The average Bonchev–Trinajstić information content (AvgIpc) is 3.16. The minimum absolute atomic E-state index is 0.459. The SMILES string of the molecule is CC(C)(C)OC(=O)Nc1ccc(CCOc2ccccc2-c2cnc[nH]2)cc1. The molecule has 0 aliphatic heterocycles. The molecule has 0 saturated carbocycles. The zero-order chi connectivity index (χ0) is 20.0. The smallest absolute Gasteiger partial charge is 0.412 e. The highest BCUT2D eigenvalue weighted by Gasteiger charge is 2.16. The molecule has 146 valence electrons. The lowest BCUT2D eigenvalue weighted by Crippen LogP contribution is -2.27. The molecule has 28 heavy (non-hydrogen) atoms. The quantitative estimate of drug-likeness (QED) is 0.629. The Morgan fingerprint density at radius 3 is 2.54 bits per heavy atom. The van der Waals surface area contributed by atoms with Gasteiger partial charge in [0, 0.05) is 17.7 Å². The van der Waals surface area contributed by atoms with Crippen LogP contribution in [0.4, 0.5) is 10.5 Å². The Balaban J connectivity index is 1.53. The molecule has 0 bridgehead atoms. The summed E-state index contributed by atoms with van der Waals surface area (Å²) in [7, 11) is 0. The van der Waals surface area contributed by atoms with Gasteiger partial charge in [-0.05, 0) is 50.6 Å². The number of hydrogen-bond donors (Lipinski definition) is 2. The molecule has 1 heterocycles. The summed E-state index contributed by atoms with van der Waals surface area (Å²) >= 11 is 0. The van der Waals surface area contributed by atoms with E-state index >= 15 is 0 Å². The fourth-order valence-corrected chi connectivity index (χ4v) is 2.67. The molecule has 0 aliphatic rings. The number of carbonyl (C=O) groups excluding carboxylic acids is 1. The van der Waals surface area contributed by atoms with E-state index in [-0.39, 0.29) is 0 Å². The van der Waals surface area contributed by atoms with Crippen molar-refractivity contribution in [1.29, 1.82) is 0 Å². The van der Waals surface area contributed by atoms with E-state index in [1.165, 1.54) is 0 Å². The number of para-hydroxylation sites is 1.